The van der Waals surface area contributed by atoms with Crippen LogP contribution in [0.4, 0.5) is 0 Å². The van der Waals surface area contributed by atoms with Gasteiger partial charge < -0.3 is 15.4 Å². The van der Waals surface area contributed by atoms with Crippen molar-refractivity contribution in [1.82, 2.24) is 10.6 Å². The molecule has 0 unspecified atom stereocenters. The molecule has 2 N–H and O–H groups in total. The summed E-state index contributed by atoms with van der Waals surface area (Å²) in [5.74, 6) is 1.06. The van der Waals surface area contributed by atoms with E-state index < -0.39 is 0 Å². The molecule has 0 saturated carbocycles. The van der Waals surface area contributed by atoms with Crippen LogP contribution in [0.2, 0.25) is 5.02 Å². The first-order valence-corrected chi connectivity index (χ1v) is 6.39. The van der Waals surface area contributed by atoms with Gasteiger partial charge in [-0.1, -0.05) is 11.6 Å². The topological polar surface area (TPSA) is 50.4 Å². The van der Waals surface area contributed by atoms with Gasteiger partial charge in [-0.15, -0.1) is 0 Å². The molecule has 1 aromatic carbocycles. The van der Waals surface area contributed by atoms with Crippen LogP contribution in [-0.4, -0.2) is 32.7 Å². The van der Waals surface area contributed by atoms with Crippen molar-refractivity contribution in [2.24, 2.45) is 5.92 Å². The van der Waals surface area contributed by atoms with Gasteiger partial charge in [0.25, 0.3) is 0 Å². The summed E-state index contributed by atoms with van der Waals surface area (Å²) in [5, 5.41) is 6.68. The van der Waals surface area contributed by atoms with E-state index in [0.29, 0.717) is 11.6 Å². The molecular formula is C13H17ClN2O2. The van der Waals surface area contributed by atoms with Crippen LogP contribution in [-0.2, 0) is 11.2 Å². The molecule has 98 valence electrons. The summed E-state index contributed by atoms with van der Waals surface area (Å²) < 4.78 is 5.26. The van der Waals surface area contributed by atoms with Gasteiger partial charge in [0.1, 0.15) is 5.75 Å². The van der Waals surface area contributed by atoms with Gasteiger partial charge in [-0.2, -0.15) is 0 Å². The highest BCUT2D eigenvalue weighted by atomic mass is 35.5. The lowest BCUT2D eigenvalue weighted by Gasteiger charge is -2.25. The number of ether oxygens (including phenoxy) is 1. The summed E-state index contributed by atoms with van der Waals surface area (Å²) in [6, 6.07) is 5.51. The van der Waals surface area contributed by atoms with Crippen molar-refractivity contribution in [2.75, 3.05) is 26.7 Å². The number of rotatable bonds is 5. The average Bonchev–Trinajstić information content (AvgIpc) is 2.27. The highest BCUT2D eigenvalue weighted by Gasteiger charge is 2.24. The van der Waals surface area contributed by atoms with Crippen LogP contribution in [0.1, 0.15) is 5.56 Å². The van der Waals surface area contributed by atoms with Crippen molar-refractivity contribution in [3.05, 3.63) is 28.8 Å². The number of nitrogens with one attached hydrogen (secondary N) is 2. The Hall–Kier alpha value is -1.26. The van der Waals surface area contributed by atoms with E-state index in [9.17, 15) is 4.79 Å². The van der Waals surface area contributed by atoms with E-state index in [0.717, 1.165) is 30.8 Å². The van der Waals surface area contributed by atoms with E-state index in [1.165, 1.54) is 0 Å². The Balaban J connectivity index is 1.85. The molecule has 1 aliphatic rings. The quantitative estimate of drug-likeness (QED) is 0.845. The highest BCUT2D eigenvalue weighted by Crippen LogP contribution is 2.22. The first-order chi connectivity index (χ1) is 8.70. The Labute approximate surface area is 112 Å². The van der Waals surface area contributed by atoms with Crippen molar-refractivity contribution in [3.63, 3.8) is 0 Å². The molecule has 1 heterocycles. The van der Waals surface area contributed by atoms with Crippen molar-refractivity contribution >= 4 is 17.5 Å². The molecule has 0 aliphatic carbocycles. The van der Waals surface area contributed by atoms with Crippen LogP contribution >= 0.6 is 11.6 Å². The van der Waals surface area contributed by atoms with Gasteiger partial charge in [-0.25, -0.2) is 0 Å². The van der Waals surface area contributed by atoms with Crippen LogP contribution in [0.25, 0.3) is 0 Å². The monoisotopic (exact) mass is 268 g/mol. The van der Waals surface area contributed by atoms with Crippen molar-refractivity contribution in [1.29, 1.82) is 0 Å². The number of hydrogen-bond acceptors (Lipinski definition) is 3. The average molecular weight is 269 g/mol. The maximum absolute atomic E-state index is 11.6. The third-order valence-corrected chi connectivity index (χ3v) is 3.32. The fourth-order valence-electron chi connectivity index (χ4n) is 1.88. The first-order valence-electron chi connectivity index (χ1n) is 6.01. The molecule has 18 heavy (non-hydrogen) atoms. The molecule has 1 fully saturated rings. The zero-order chi connectivity index (χ0) is 13.0. The predicted molar refractivity (Wildman–Crippen MR) is 71.1 cm³/mol. The Morgan fingerprint density at radius 1 is 1.56 bits per heavy atom. The fourth-order valence-corrected chi connectivity index (χ4v) is 2.08. The summed E-state index contributed by atoms with van der Waals surface area (Å²) in [4.78, 5) is 11.6. The lowest BCUT2D eigenvalue weighted by atomic mass is 10.0. The van der Waals surface area contributed by atoms with Crippen LogP contribution in [0, 0.1) is 5.92 Å². The zero-order valence-electron chi connectivity index (χ0n) is 10.3. The minimum Gasteiger partial charge on any atom is -0.496 e. The molecule has 0 bridgehead atoms. The minimum atomic E-state index is 0.120. The van der Waals surface area contributed by atoms with E-state index >= 15 is 0 Å². The number of hydrogen-bond donors (Lipinski definition) is 2. The predicted octanol–water partition coefficient (Wildman–Crippen LogP) is 1.23. The number of methoxy groups -OCH3 is 1. The van der Waals surface area contributed by atoms with Gasteiger partial charge in [-0.05, 0) is 30.2 Å². The van der Waals surface area contributed by atoms with Crippen molar-refractivity contribution in [3.8, 4) is 5.75 Å². The normalized spacial score (nSPS) is 15.0. The molecule has 0 spiro atoms. The third-order valence-electron chi connectivity index (χ3n) is 3.09. The second-order valence-corrected chi connectivity index (χ2v) is 4.79. The number of carbonyl (C=O) groups excluding carboxylic acids is 1. The summed E-state index contributed by atoms with van der Waals surface area (Å²) >= 11 is 5.95. The van der Waals surface area contributed by atoms with E-state index in [1.54, 1.807) is 13.2 Å². The van der Waals surface area contributed by atoms with Crippen LogP contribution in [0.5, 0.6) is 5.75 Å². The molecule has 1 saturated heterocycles. The minimum absolute atomic E-state index is 0.120. The van der Waals surface area contributed by atoms with E-state index in [2.05, 4.69) is 10.6 Å². The lowest BCUT2D eigenvalue weighted by Crippen LogP contribution is -2.51. The Bertz CT molecular complexity index is 433. The van der Waals surface area contributed by atoms with E-state index in [-0.39, 0.29) is 11.8 Å². The Morgan fingerprint density at radius 3 is 2.94 bits per heavy atom. The second-order valence-electron chi connectivity index (χ2n) is 4.35. The van der Waals surface area contributed by atoms with Crippen molar-refractivity contribution in [2.45, 2.75) is 6.42 Å². The summed E-state index contributed by atoms with van der Waals surface area (Å²) in [5.41, 5.74) is 1.01. The zero-order valence-corrected chi connectivity index (χ0v) is 11.1. The molecule has 5 heteroatoms. The lowest BCUT2D eigenvalue weighted by molar-refractivity contribution is -0.126. The number of amides is 1. The number of carbonyl (C=O) groups is 1. The molecule has 0 aromatic heterocycles. The maximum atomic E-state index is 11.6. The van der Waals surface area contributed by atoms with Gasteiger partial charge in [0.15, 0.2) is 0 Å². The molecular weight excluding hydrogens is 252 g/mol. The van der Waals surface area contributed by atoms with Crippen LogP contribution in [0.15, 0.2) is 18.2 Å². The standard InChI is InChI=1S/C13H17ClN2O2/c1-18-12-3-2-11(14)6-9(12)4-5-16-13(17)10-7-15-8-10/h2-3,6,10,15H,4-5,7-8H2,1H3,(H,16,17). The molecule has 1 amide bonds. The summed E-state index contributed by atoms with van der Waals surface area (Å²) in [6.45, 7) is 2.17. The van der Waals surface area contributed by atoms with Gasteiger partial charge in [-0.3, -0.25) is 4.79 Å². The van der Waals surface area contributed by atoms with Crippen molar-refractivity contribution < 1.29 is 9.53 Å². The molecule has 2 rings (SSSR count). The summed E-state index contributed by atoms with van der Waals surface area (Å²) in [7, 11) is 1.63. The second kappa shape index (κ2) is 6.07. The Kier molecular flexibility index (Phi) is 4.44. The van der Waals surface area contributed by atoms with E-state index in [1.807, 2.05) is 12.1 Å². The smallest absolute Gasteiger partial charge is 0.225 e. The molecule has 4 nitrogen and oxygen atoms in total. The number of benzene rings is 1. The van der Waals surface area contributed by atoms with Gasteiger partial charge in [0.2, 0.25) is 5.91 Å². The number of halogens is 1. The largest absolute Gasteiger partial charge is 0.496 e. The van der Waals surface area contributed by atoms with Crippen LogP contribution in [0.3, 0.4) is 0 Å². The maximum Gasteiger partial charge on any atom is 0.225 e. The van der Waals surface area contributed by atoms with Gasteiger partial charge >= 0.3 is 0 Å². The fraction of sp³-hybridized carbons (Fsp3) is 0.462. The molecule has 1 aromatic rings. The third kappa shape index (κ3) is 3.15. The molecule has 1 aliphatic heterocycles. The first kappa shape index (κ1) is 13.2. The molecule has 0 radical (unpaired) electrons. The summed E-state index contributed by atoms with van der Waals surface area (Å²) in [6.07, 6.45) is 0.718. The van der Waals surface area contributed by atoms with E-state index in [4.69, 9.17) is 16.3 Å². The van der Waals surface area contributed by atoms with Gasteiger partial charge in [0.05, 0.1) is 13.0 Å². The van der Waals surface area contributed by atoms with Crippen LogP contribution < -0.4 is 15.4 Å². The highest BCUT2D eigenvalue weighted by molar-refractivity contribution is 6.30. The SMILES string of the molecule is COc1ccc(Cl)cc1CCNC(=O)C1CNC1. The molecule has 0 atom stereocenters. The van der Waals surface area contributed by atoms with Gasteiger partial charge in [0, 0.05) is 24.7 Å². The Morgan fingerprint density at radius 2 is 2.33 bits per heavy atom.